The second kappa shape index (κ2) is 5.68. The first-order chi connectivity index (χ1) is 10.1. The van der Waals surface area contributed by atoms with Gasteiger partial charge in [-0.2, -0.15) is 0 Å². The molecule has 4 nitrogen and oxygen atoms in total. The van der Waals surface area contributed by atoms with Crippen LogP contribution in [0, 0.1) is 5.92 Å². The highest BCUT2D eigenvalue weighted by atomic mass is 16.3. The molecule has 0 radical (unpaired) electrons. The number of para-hydroxylation sites is 1. The molecular formula is C17H24N2O2. The molecule has 1 aromatic rings. The topological polar surface area (TPSA) is 61.4 Å². The molecule has 21 heavy (non-hydrogen) atoms. The quantitative estimate of drug-likeness (QED) is 0.799. The first-order valence-electron chi connectivity index (χ1n) is 7.90. The molecule has 1 unspecified atom stereocenters. The predicted molar refractivity (Wildman–Crippen MR) is 83.3 cm³/mol. The van der Waals surface area contributed by atoms with Gasteiger partial charge >= 0.3 is 0 Å². The summed E-state index contributed by atoms with van der Waals surface area (Å²) in [4.78, 5) is 12.4. The molecule has 1 aliphatic heterocycles. The van der Waals surface area contributed by atoms with E-state index in [0.29, 0.717) is 19.0 Å². The average molecular weight is 288 g/mol. The smallest absolute Gasteiger partial charge is 0.229 e. The Morgan fingerprint density at radius 3 is 2.86 bits per heavy atom. The Kier molecular flexibility index (Phi) is 3.89. The molecule has 1 aromatic carbocycles. The first-order valence-corrected chi connectivity index (χ1v) is 7.90. The summed E-state index contributed by atoms with van der Waals surface area (Å²) in [7, 11) is 0. The molecule has 1 heterocycles. The summed E-state index contributed by atoms with van der Waals surface area (Å²) in [5.41, 5.74) is 1.38. The number of rotatable bonds is 3. The van der Waals surface area contributed by atoms with Gasteiger partial charge in [-0.3, -0.25) is 4.79 Å². The number of hydrogen-bond acceptors (Lipinski definition) is 3. The van der Waals surface area contributed by atoms with E-state index in [1.54, 1.807) is 0 Å². The lowest BCUT2D eigenvalue weighted by Crippen LogP contribution is -2.46. The van der Waals surface area contributed by atoms with Crippen molar-refractivity contribution in [2.45, 2.75) is 44.1 Å². The normalized spacial score (nSPS) is 31.3. The maximum absolute atomic E-state index is 12.4. The largest absolute Gasteiger partial charge is 0.388 e. The minimum absolute atomic E-state index is 0.0134. The van der Waals surface area contributed by atoms with Crippen molar-refractivity contribution in [2.24, 2.45) is 5.92 Å². The summed E-state index contributed by atoms with van der Waals surface area (Å²) in [6.45, 7) is 3.23. The van der Waals surface area contributed by atoms with Crippen LogP contribution in [-0.2, 0) is 4.79 Å². The van der Waals surface area contributed by atoms with Gasteiger partial charge in [-0.15, -0.1) is 0 Å². The van der Waals surface area contributed by atoms with Crippen molar-refractivity contribution < 1.29 is 9.90 Å². The van der Waals surface area contributed by atoms with Crippen LogP contribution in [0.4, 0.5) is 5.69 Å². The Balaban J connectivity index is 1.58. The van der Waals surface area contributed by atoms with Crippen molar-refractivity contribution in [3.63, 3.8) is 0 Å². The zero-order valence-electron chi connectivity index (χ0n) is 12.6. The number of anilines is 1. The standard InChI is InChI=1S/C17H24N2O2/c1-12-6-8-17(21,9-7-12)11-19-16(20)14-10-18-15-5-3-2-4-13(14)15/h2-5,12,14,18,21H,6-11H2,1H3,(H,19,20). The number of aliphatic hydroxyl groups is 1. The minimum Gasteiger partial charge on any atom is -0.388 e. The second-order valence-corrected chi connectivity index (χ2v) is 6.65. The van der Waals surface area contributed by atoms with Crippen LogP contribution in [0.15, 0.2) is 24.3 Å². The van der Waals surface area contributed by atoms with Crippen molar-refractivity contribution in [2.75, 3.05) is 18.4 Å². The van der Waals surface area contributed by atoms with Gasteiger partial charge in [0.1, 0.15) is 0 Å². The number of benzene rings is 1. The Labute approximate surface area is 125 Å². The van der Waals surface area contributed by atoms with E-state index in [0.717, 1.165) is 36.9 Å². The summed E-state index contributed by atoms with van der Waals surface area (Å²) in [6, 6.07) is 7.93. The van der Waals surface area contributed by atoms with Crippen LogP contribution >= 0.6 is 0 Å². The zero-order chi connectivity index (χ0) is 14.9. The van der Waals surface area contributed by atoms with Gasteiger partial charge < -0.3 is 15.7 Å². The number of nitrogens with one attached hydrogen (secondary N) is 2. The third kappa shape index (κ3) is 3.05. The molecule has 3 N–H and O–H groups in total. The van der Waals surface area contributed by atoms with E-state index in [4.69, 9.17) is 0 Å². The molecule has 1 fully saturated rings. The van der Waals surface area contributed by atoms with Gasteiger partial charge in [-0.1, -0.05) is 25.1 Å². The summed E-state index contributed by atoms with van der Waals surface area (Å²) in [6.07, 6.45) is 3.66. The van der Waals surface area contributed by atoms with Crippen LogP contribution < -0.4 is 10.6 Å². The third-order valence-electron chi connectivity index (χ3n) is 4.95. The highest BCUT2D eigenvalue weighted by Crippen LogP contribution is 2.33. The van der Waals surface area contributed by atoms with Crippen molar-refractivity contribution in [1.29, 1.82) is 0 Å². The summed E-state index contributed by atoms with van der Waals surface area (Å²) in [5.74, 6) is 0.554. The third-order valence-corrected chi connectivity index (χ3v) is 4.95. The molecule has 4 heteroatoms. The molecule has 0 bridgehead atoms. The summed E-state index contributed by atoms with van der Waals surface area (Å²) in [5, 5.41) is 16.8. The fourth-order valence-corrected chi connectivity index (χ4v) is 3.37. The van der Waals surface area contributed by atoms with Gasteiger partial charge in [0.15, 0.2) is 0 Å². The summed E-state index contributed by atoms with van der Waals surface area (Å²) < 4.78 is 0. The lowest BCUT2D eigenvalue weighted by molar-refractivity contribution is -0.123. The van der Waals surface area contributed by atoms with E-state index < -0.39 is 5.60 Å². The highest BCUT2D eigenvalue weighted by molar-refractivity contribution is 5.88. The molecule has 0 saturated heterocycles. The number of carbonyl (C=O) groups is 1. The van der Waals surface area contributed by atoms with Crippen molar-refractivity contribution in [1.82, 2.24) is 5.32 Å². The van der Waals surface area contributed by atoms with Crippen molar-refractivity contribution in [3.05, 3.63) is 29.8 Å². The Morgan fingerprint density at radius 2 is 2.10 bits per heavy atom. The van der Waals surface area contributed by atoms with Gasteiger partial charge in [0.25, 0.3) is 0 Å². The van der Waals surface area contributed by atoms with Crippen LogP contribution in [0.5, 0.6) is 0 Å². The van der Waals surface area contributed by atoms with Gasteiger partial charge in [0, 0.05) is 18.8 Å². The monoisotopic (exact) mass is 288 g/mol. The van der Waals surface area contributed by atoms with Crippen LogP contribution in [0.2, 0.25) is 0 Å². The van der Waals surface area contributed by atoms with Crippen molar-refractivity contribution >= 4 is 11.6 Å². The van der Waals surface area contributed by atoms with Gasteiger partial charge in [0.2, 0.25) is 5.91 Å². The van der Waals surface area contributed by atoms with Gasteiger partial charge in [-0.25, -0.2) is 0 Å². The number of carbonyl (C=O) groups excluding carboxylic acids is 1. The van der Waals surface area contributed by atoms with Crippen LogP contribution in [0.25, 0.3) is 0 Å². The molecule has 1 saturated carbocycles. The first kappa shape index (κ1) is 14.4. The molecule has 1 atom stereocenters. The van der Waals surface area contributed by atoms with E-state index in [1.807, 2.05) is 24.3 Å². The fraction of sp³-hybridized carbons (Fsp3) is 0.588. The highest BCUT2D eigenvalue weighted by Gasteiger charge is 2.34. The van der Waals surface area contributed by atoms with Crippen LogP contribution in [0.1, 0.15) is 44.1 Å². The van der Waals surface area contributed by atoms with E-state index in [9.17, 15) is 9.90 Å². The minimum atomic E-state index is -0.715. The molecule has 0 spiro atoms. The molecule has 2 aliphatic rings. The lowest BCUT2D eigenvalue weighted by Gasteiger charge is -2.35. The SMILES string of the molecule is CC1CCC(O)(CNC(=O)C2CNc3ccccc32)CC1. The van der Waals surface area contributed by atoms with Crippen LogP contribution in [-0.4, -0.2) is 29.7 Å². The van der Waals surface area contributed by atoms with E-state index in [1.165, 1.54) is 0 Å². The fourth-order valence-electron chi connectivity index (χ4n) is 3.37. The molecule has 114 valence electrons. The van der Waals surface area contributed by atoms with E-state index in [-0.39, 0.29) is 11.8 Å². The molecular weight excluding hydrogens is 264 g/mol. The Morgan fingerprint density at radius 1 is 1.38 bits per heavy atom. The lowest BCUT2D eigenvalue weighted by atomic mass is 9.79. The Hall–Kier alpha value is -1.55. The second-order valence-electron chi connectivity index (χ2n) is 6.65. The van der Waals surface area contributed by atoms with Crippen molar-refractivity contribution in [3.8, 4) is 0 Å². The molecule has 3 rings (SSSR count). The van der Waals surface area contributed by atoms with Gasteiger partial charge in [-0.05, 0) is 43.2 Å². The molecule has 1 amide bonds. The zero-order valence-corrected chi connectivity index (χ0v) is 12.6. The number of amides is 1. The Bertz CT molecular complexity index is 521. The van der Waals surface area contributed by atoms with Gasteiger partial charge in [0.05, 0.1) is 11.5 Å². The van der Waals surface area contributed by atoms with E-state index >= 15 is 0 Å². The predicted octanol–water partition coefficient (Wildman–Crippen LogP) is 2.25. The number of hydrogen-bond donors (Lipinski definition) is 3. The summed E-state index contributed by atoms with van der Waals surface area (Å²) >= 11 is 0. The maximum Gasteiger partial charge on any atom is 0.229 e. The molecule has 1 aliphatic carbocycles. The maximum atomic E-state index is 12.4. The number of fused-ring (bicyclic) bond motifs is 1. The van der Waals surface area contributed by atoms with Crippen LogP contribution in [0.3, 0.4) is 0 Å². The van der Waals surface area contributed by atoms with E-state index in [2.05, 4.69) is 17.6 Å². The molecule has 0 aromatic heterocycles. The average Bonchev–Trinajstić information content (AvgIpc) is 2.92.